The van der Waals surface area contributed by atoms with Gasteiger partial charge < -0.3 is 10.5 Å². The normalized spacial score (nSPS) is 23.6. The van der Waals surface area contributed by atoms with E-state index in [2.05, 4.69) is 51.6 Å². The van der Waals surface area contributed by atoms with Gasteiger partial charge in [0.25, 0.3) is 0 Å². The van der Waals surface area contributed by atoms with E-state index in [1.165, 1.54) is 0 Å². The minimum atomic E-state index is -0.188. The van der Waals surface area contributed by atoms with Gasteiger partial charge in [-0.2, -0.15) is 0 Å². The van der Waals surface area contributed by atoms with E-state index in [4.69, 9.17) is 10.5 Å². The molecule has 1 aliphatic rings. The Hall–Kier alpha value is 0.570. The summed E-state index contributed by atoms with van der Waals surface area (Å²) in [7, 11) is 1.75. The molecule has 0 aromatic heterocycles. The van der Waals surface area contributed by atoms with E-state index in [1.807, 2.05) is 0 Å². The maximum Gasteiger partial charge on any atom is 0.0640 e. The summed E-state index contributed by atoms with van der Waals surface area (Å²) in [6.07, 6.45) is 0.876. The molecule has 17 heavy (non-hydrogen) atoms. The van der Waals surface area contributed by atoms with Crippen LogP contribution < -0.4 is 5.73 Å². The summed E-state index contributed by atoms with van der Waals surface area (Å²) in [6.45, 7) is 11.8. The second kappa shape index (κ2) is 6.14. The van der Waals surface area contributed by atoms with Crippen LogP contribution in [0.15, 0.2) is 0 Å². The first-order chi connectivity index (χ1) is 7.74. The summed E-state index contributed by atoms with van der Waals surface area (Å²) in [5.41, 5.74) is 6.07. The highest BCUT2D eigenvalue weighted by molar-refractivity contribution is 14.1. The minimum absolute atomic E-state index is 0.144. The van der Waals surface area contributed by atoms with Crippen LogP contribution in [-0.2, 0) is 4.74 Å². The van der Waals surface area contributed by atoms with Crippen molar-refractivity contribution >= 4 is 22.9 Å². The summed E-state index contributed by atoms with van der Waals surface area (Å²) in [6, 6.07) is 0. The molecule has 2 N–H and O–H groups in total. The number of nitrogens with two attached hydrogens (primary N) is 1. The number of piperazine rings is 1. The molecule has 5 heteroatoms. The molecule has 4 nitrogen and oxygen atoms in total. The second-order valence-electron chi connectivity index (χ2n) is 5.98. The number of nitrogens with zero attached hydrogens (tertiary/aromatic N) is 2. The van der Waals surface area contributed by atoms with Crippen LogP contribution in [0.3, 0.4) is 0 Å². The Morgan fingerprint density at radius 1 is 1.18 bits per heavy atom. The zero-order valence-electron chi connectivity index (χ0n) is 11.5. The van der Waals surface area contributed by atoms with Gasteiger partial charge in [-0.05, 0) is 27.2 Å². The molecule has 1 rings (SSSR count). The van der Waals surface area contributed by atoms with E-state index in [9.17, 15) is 0 Å². The maximum absolute atomic E-state index is 6.41. The van der Waals surface area contributed by atoms with Gasteiger partial charge in [0, 0.05) is 68.2 Å². The van der Waals surface area contributed by atoms with Gasteiger partial charge in [0.05, 0.1) is 5.60 Å². The van der Waals surface area contributed by atoms with Gasteiger partial charge >= 0.3 is 0 Å². The molecular formula is C12H26IN3O. The SMILES string of the molecule is COC(C)(C)CC(C)(N)CN1CCN(I)CC1. The quantitative estimate of drug-likeness (QED) is 0.599. The van der Waals surface area contributed by atoms with Crippen molar-refractivity contribution in [2.24, 2.45) is 5.73 Å². The first kappa shape index (κ1) is 15.6. The Bertz CT molecular complexity index is 238. The molecule has 1 saturated heterocycles. The van der Waals surface area contributed by atoms with Crippen LogP contribution >= 0.6 is 22.9 Å². The highest BCUT2D eigenvalue weighted by atomic mass is 127. The van der Waals surface area contributed by atoms with Crippen molar-refractivity contribution in [3.8, 4) is 0 Å². The molecule has 0 saturated carbocycles. The Morgan fingerprint density at radius 2 is 1.71 bits per heavy atom. The van der Waals surface area contributed by atoms with Crippen LogP contribution in [0.4, 0.5) is 0 Å². The minimum Gasteiger partial charge on any atom is -0.379 e. The van der Waals surface area contributed by atoms with Crippen molar-refractivity contribution in [3.63, 3.8) is 0 Å². The molecule has 0 aliphatic carbocycles. The van der Waals surface area contributed by atoms with Gasteiger partial charge in [-0.25, -0.2) is 3.11 Å². The molecular weight excluding hydrogens is 329 g/mol. The molecule has 0 bridgehead atoms. The largest absolute Gasteiger partial charge is 0.379 e. The predicted octanol–water partition coefficient (Wildman–Crippen LogP) is 1.49. The highest BCUT2D eigenvalue weighted by Gasteiger charge is 2.31. The van der Waals surface area contributed by atoms with E-state index in [0.29, 0.717) is 0 Å². The van der Waals surface area contributed by atoms with Crippen molar-refractivity contribution in [2.75, 3.05) is 39.8 Å². The van der Waals surface area contributed by atoms with Crippen molar-refractivity contribution in [2.45, 2.75) is 38.3 Å². The number of methoxy groups -OCH3 is 1. The summed E-state index contributed by atoms with van der Waals surface area (Å²) in [4.78, 5) is 2.46. The number of halogens is 1. The van der Waals surface area contributed by atoms with Crippen LogP contribution in [0.2, 0.25) is 0 Å². The van der Waals surface area contributed by atoms with Crippen molar-refractivity contribution in [1.82, 2.24) is 8.01 Å². The predicted molar refractivity (Wildman–Crippen MR) is 80.3 cm³/mol. The van der Waals surface area contributed by atoms with Crippen molar-refractivity contribution in [1.29, 1.82) is 0 Å². The number of ether oxygens (including phenoxy) is 1. The molecule has 1 atom stereocenters. The van der Waals surface area contributed by atoms with E-state index in [-0.39, 0.29) is 11.1 Å². The molecule has 0 aromatic rings. The van der Waals surface area contributed by atoms with E-state index in [1.54, 1.807) is 7.11 Å². The molecule has 0 aromatic carbocycles. The highest BCUT2D eigenvalue weighted by Crippen LogP contribution is 2.22. The maximum atomic E-state index is 6.41. The van der Waals surface area contributed by atoms with E-state index < -0.39 is 0 Å². The molecule has 1 heterocycles. The molecule has 0 radical (unpaired) electrons. The average Bonchev–Trinajstić information content (AvgIpc) is 2.20. The standard InChI is InChI=1S/C12H26IN3O/c1-11(2,17-4)9-12(3,14)10-15-5-7-16(13)8-6-15/h5-10,14H2,1-4H3. The molecule has 1 fully saturated rings. The first-order valence-electron chi connectivity index (χ1n) is 6.21. The lowest BCUT2D eigenvalue weighted by Gasteiger charge is -2.40. The van der Waals surface area contributed by atoms with E-state index >= 15 is 0 Å². The molecule has 0 spiro atoms. The van der Waals surface area contributed by atoms with Gasteiger partial charge in [0.15, 0.2) is 0 Å². The van der Waals surface area contributed by atoms with Gasteiger partial charge in [0.1, 0.15) is 0 Å². The van der Waals surface area contributed by atoms with Gasteiger partial charge in [-0.15, -0.1) is 0 Å². The van der Waals surface area contributed by atoms with Crippen LogP contribution in [0.1, 0.15) is 27.2 Å². The van der Waals surface area contributed by atoms with Gasteiger partial charge in [-0.3, -0.25) is 4.90 Å². The lowest BCUT2D eigenvalue weighted by Crippen LogP contribution is -2.55. The molecule has 0 amide bonds. The summed E-state index contributed by atoms with van der Waals surface area (Å²) in [5.74, 6) is 0. The van der Waals surface area contributed by atoms with Crippen LogP contribution in [-0.4, -0.2) is 59.0 Å². The number of hydrogen-bond acceptors (Lipinski definition) is 4. The van der Waals surface area contributed by atoms with E-state index in [0.717, 1.165) is 39.1 Å². The van der Waals surface area contributed by atoms with Crippen LogP contribution in [0, 0.1) is 0 Å². The van der Waals surface area contributed by atoms with Crippen molar-refractivity contribution in [3.05, 3.63) is 0 Å². The Labute approximate surface area is 119 Å². The van der Waals surface area contributed by atoms with Gasteiger partial charge in [0.2, 0.25) is 0 Å². The van der Waals surface area contributed by atoms with Crippen molar-refractivity contribution < 1.29 is 4.74 Å². The fourth-order valence-corrected chi connectivity index (χ4v) is 2.92. The fourth-order valence-electron chi connectivity index (χ4n) is 2.49. The number of hydrogen-bond donors (Lipinski definition) is 1. The monoisotopic (exact) mass is 355 g/mol. The fraction of sp³-hybridized carbons (Fsp3) is 1.00. The zero-order valence-corrected chi connectivity index (χ0v) is 13.7. The van der Waals surface area contributed by atoms with Crippen LogP contribution in [0.25, 0.3) is 0 Å². The average molecular weight is 355 g/mol. The summed E-state index contributed by atoms with van der Waals surface area (Å²) in [5, 5.41) is 0. The number of rotatable bonds is 5. The van der Waals surface area contributed by atoms with Crippen LogP contribution in [0.5, 0.6) is 0 Å². The molecule has 1 unspecified atom stereocenters. The molecule has 102 valence electrons. The third-order valence-electron chi connectivity index (χ3n) is 3.28. The topological polar surface area (TPSA) is 41.7 Å². The molecule has 1 aliphatic heterocycles. The van der Waals surface area contributed by atoms with Gasteiger partial charge in [-0.1, -0.05) is 0 Å². The first-order valence-corrected chi connectivity index (χ1v) is 7.18. The lowest BCUT2D eigenvalue weighted by molar-refractivity contribution is -0.00656. The third-order valence-corrected chi connectivity index (χ3v) is 4.25. The third kappa shape index (κ3) is 5.83. The second-order valence-corrected chi connectivity index (χ2v) is 7.35. The lowest BCUT2D eigenvalue weighted by atomic mass is 9.88. The summed E-state index contributed by atoms with van der Waals surface area (Å²) >= 11 is 2.39. The Kier molecular flexibility index (Phi) is 5.65. The Morgan fingerprint density at radius 3 is 2.18 bits per heavy atom. The smallest absolute Gasteiger partial charge is 0.0640 e. The summed E-state index contributed by atoms with van der Waals surface area (Å²) < 4.78 is 7.81. The Balaban J connectivity index is 2.43. The zero-order chi connectivity index (χ0) is 13.1.